The van der Waals surface area contributed by atoms with Crippen LogP contribution < -0.4 is 5.32 Å². The van der Waals surface area contributed by atoms with Crippen LogP contribution in [0.25, 0.3) is 0 Å². The van der Waals surface area contributed by atoms with Gasteiger partial charge in [0.25, 0.3) is 0 Å². The van der Waals surface area contributed by atoms with Crippen molar-refractivity contribution < 1.29 is 4.79 Å². The van der Waals surface area contributed by atoms with E-state index in [9.17, 15) is 4.79 Å². The van der Waals surface area contributed by atoms with Gasteiger partial charge in [-0.3, -0.25) is 15.0 Å². The molecule has 0 radical (unpaired) electrons. The highest BCUT2D eigenvalue weighted by Crippen LogP contribution is 2.20. The maximum absolute atomic E-state index is 12.6. The molecule has 1 saturated heterocycles. The summed E-state index contributed by atoms with van der Waals surface area (Å²) >= 11 is 0. The molecule has 0 saturated carbocycles. The number of carbonyl (C=O) groups excluding carboxylic acids is 1. The van der Waals surface area contributed by atoms with Crippen molar-refractivity contribution >= 4 is 5.91 Å². The zero-order valence-electron chi connectivity index (χ0n) is 15.0. The van der Waals surface area contributed by atoms with Crippen LogP contribution in [-0.2, 0) is 4.79 Å². The van der Waals surface area contributed by atoms with Crippen molar-refractivity contribution in [3.05, 3.63) is 0 Å². The molecule has 1 rings (SSSR count). The van der Waals surface area contributed by atoms with E-state index in [0.29, 0.717) is 23.9 Å². The highest BCUT2D eigenvalue weighted by Gasteiger charge is 2.39. The van der Waals surface area contributed by atoms with Crippen molar-refractivity contribution in [2.75, 3.05) is 13.1 Å². The van der Waals surface area contributed by atoms with Crippen LogP contribution in [0.4, 0.5) is 0 Å². The Bertz CT molecular complexity index is 320. The normalized spacial score (nSPS) is 23.4. The van der Waals surface area contributed by atoms with Gasteiger partial charge in [-0.1, -0.05) is 27.2 Å². The average Bonchev–Trinajstić information content (AvgIpc) is 2.67. The van der Waals surface area contributed by atoms with E-state index in [1.807, 2.05) is 0 Å². The second-order valence-corrected chi connectivity index (χ2v) is 7.15. The van der Waals surface area contributed by atoms with Gasteiger partial charge in [0, 0.05) is 25.2 Å². The second-order valence-electron chi connectivity index (χ2n) is 7.15. The van der Waals surface area contributed by atoms with Crippen LogP contribution in [0.15, 0.2) is 0 Å². The number of rotatable bonds is 8. The lowest BCUT2D eigenvalue weighted by molar-refractivity contribution is -0.131. The largest absolute Gasteiger partial charge is 0.324 e. The van der Waals surface area contributed by atoms with Gasteiger partial charge >= 0.3 is 0 Å². The number of hydrogen-bond acceptors (Lipinski definition) is 3. The topological polar surface area (TPSA) is 35.6 Å². The fourth-order valence-corrected chi connectivity index (χ4v) is 3.34. The molecular weight excluding hydrogens is 262 g/mol. The van der Waals surface area contributed by atoms with Gasteiger partial charge in [-0.25, -0.2) is 0 Å². The quantitative estimate of drug-likeness (QED) is 0.748. The minimum Gasteiger partial charge on any atom is -0.324 e. The van der Waals surface area contributed by atoms with Gasteiger partial charge in [-0.2, -0.15) is 0 Å². The summed E-state index contributed by atoms with van der Waals surface area (Å²) in [6, 6.07) is 1.05. The fraction of sp³-hybridized carbons (Fsp3) is 0.941. The van der Waals surface area contributed by atoms with Crippen molar-refractivity contribution in [1.29, 1.82) is 0 Å². The molecule has 1 heterocycles. The van der Waals surface area contributed by atoms with Crippen LogP contribution >= 0.6 is 0 Å². The second kappa shape index (κ2) is 8.14. The molecule has 4 nitrogen and oxygen atoms in total. The van der Waals surface area contributed by atoms with Gasteiger partial charge in [-0.15, -0.1) is 0 Å². The first kappa shape index (κ1) is 18.4. The van der Waals surface area contributed by atoms with Crippen molar-refractivity contribution in [1.82, 2.24) is 15.1 Å². The minimum absolute atomic E-state index is 0.0222. The Hall–Kier alpha value is -0.610. The van der Waals surface area contributed by atoms with E-state index in [-0.39, 0.29) is 12.2 Å². The van der Waals surface area contributed by atoms with Crippen molar-refractivity contribution in [2.24, 2.45) is 5.92 Å². The Labute approximate surface area is 131 Å². The molecule has 1 aliphatic heterocycles. The molecular formula is C17H35N3O. The lowest BCUT2D eigenvalue weighted by Gasteiger charge is -2.34. The molecule has 0 spiro atoms. The molecule has 4 heteroatoms. The summed E-state index contributed by atoms with van der Waals surface area (Å²) in [7, 11) is 0. The van der Waals surface area contributed by atoms with E-state index >= 15 is 0 Å². The van der Waals surface area contributed by atoms with Gasteiger partial charge in [-0.05, 0) is 40.0 Å². The zero-order chi connectivity index (χ0) is 16.2. The summed E-state index contributed by atoms with van der Waals surface area (Å²) in [5.74, 6) is 0.741. The Morgan fingerprint density at radius 1 is 1.14 bits per heavy atom. The molecule has 2 atom stereocenters. The number of nitrogens with zero attached hydrogens (tertiary/aromatic N) is 2. The maximum Gasteiger partial charge on any atom is 0.241 e. The van der Waals surface area contributed by atoms with Gasteiger partial charge < -0.3 is 4.90 Å². The fourth-order valence-electron chi connectivity index (χ4n) is 3.34. The molecule has 1 amide bonds. The predicted molar refractivity (Wildman–Crippen MR) is 89.1 cm³/mol. The smallest absolute Gasteiger partial charge is 0.241 e. The van der Waals surface area contributed by atoms with E-state index in [0.717, 1.165) is 25.9 Å². The standard InChI is InChI=1S/C17H35N3O/c1-8-9-15-17(21)20(16(18-15)12(2)3)11-10-19(13(4)5)14(6)7/h12-16,18H,8-11H2,1-7H3. The highest BCUT2D eigenvalue weighted by molar-refractivity contribution is 5.84. The minimum atomic E-state index is 0.0222. The summed E-state index contributed by atoms with van der Waals surface area (Å²) in [5.41, 5.74) is 0. The van der Waals surface area contributed by atoms with Crippen molar-refractivity contribution in [2.45, 2.75) is 85.6 Å². The summed E-state index contributed by atoms with van der Waals surface area (Å²) in [6.45, 7) is 17.2. The highest BCUT2D eigenvalue weighted by atomic mass is 16.2. The first-order valence-corrected chi connectivity index (χ1v) is 8.61. The maximum atomic E-state index is 12.6. The molecule has 0 bridgehead atoms. The molecule has 2 unspecified atom stereocenters. The molecule has 0 aliphatic carbocycles. The van der Waals surface area contributed by atoms with Crippen LogP contribution in [0.2, 0.25) is 0 Å². The molecule has 21 heavy (non-hydrogen) atoms. The lowest BCUT2D eigenvalue weighted by Crippen LogP contribution is -2.47. The van der Waals surface area contributed by atoms with Gasteiger partial charge in [0.1, 0.15) is 0 Å². The molecule has 0 aromatic rings. The summed E-state index contributed by atoms with van der Waals surface area (Å²) in [6.07, 6.45) is 2.18. The van der Waals surface area contributed by atoms with Crippen LogP contribution in [-0.4, -0.2) is 53.1 Å². The van der Waals surface area contributed by atoms with Crippen LogP contribution in [0, 0.1) is 5.92 Å². The van der Waals surface area contributed by atoms with Gasteiger partial charge in [0.2, 0.25) is 5.91 Å². The summed E-state index contributed by atoms with van der Waals surface area (Å²) < 4.78 is 0. The van der Waals surface area contributed by atoms with Gasteiger partial charge in [0.05, 0.1) is 12.2 Å². The third-order valence-corrected chi connectivity index (χ3v) is 4.42. The van der Waals surface area contributed by atoms with Crippen LogP contribution in [0.3, 0.4) is 0 Å². The van der Waals surface area contributed by atoms with E-state index in [1.165, 1.54) is 0 Å². The summed E-state index contributed by atoms with van der Waals surface area (Å²) in [5, 5.41) is 3.53. The number of amides is 1. The number of nitrogens with one attached hydrogen (secondary N) is 1. The predicted octanol–water partition coefficient (Wildman–Crippen LogP) is 2.69. The van der Waals surface area contributed by atoms with E-state index < -0.39 is 0 Å². The molecule has 0 aromatic carbocycles. The molecule has 1 N–H and O–H groups in total. The van der Waals surface area contributed by atoms with Crippen molar-refractivity contribution in [3.8, 4) is 0 Å². The Morgan fingerprint density at radius 2 is 1.71 bits per heavy atom. The summed E-state index contributed by atoms with van der Waals surface area (Å²) in [4.78, 5) is 17.1. The lowest BCUT2D eigenvalue weighted by atomic mass is 10.1. The number of carbonyl (C=O) groups is 1. The molecule has 124 valence electrons. The van der Waals surface area contributed by atoms with Crippen molar-refractivity contribution in [3.63, 3.8) is 0 Å². The average molecular weight is 297 g/mol. The monoisotopic (exact) mass is 297 g/mol. The Balaban J connectivity index is 2.71. The van der Waals surface area contributed by atoms with Gasteiger partial charge in [0.15, 0.2) is 0 Å². The SMILES string of the molecule is CCCC1NC(C(C)C)N(CCN(C(C)C)C(C)C)C1=O. The van der Waals surface area contributed by atoms with E-state index in [4.69, 9.17) is 0 Å². The van der Waals surface area contributed by atoms with E-state index in [1.54, 1.807) is 0 Å². The first-order valence-electron chi connectivity index (χ1n) is 8.61. The van der Waals surface area contributed by atoms with E-state index in [2.05, 4.69) is 63.6 Å². The molecule has 0 aromatic heterocycles. The Morgan fingerprint density at radius 3 is 2.14 bits per heavy atom. The first-order chi connectivity index (χ1) is 9.79. The molecule has 1 aliphatic rings. The molecule has 1 fully saturated rings. The Kier molecular flexibility index (Phi) is 7.14. The van der Waals surface area contributed by atoms with Crippen LogP contribution in [0.5, 0.6) is 0 Å². The third kappa shape index (κ3) is 4.68. The third-order valence-electron chi connectivity index (χ3n) is 4.42. The zero-order valence-corrected chi connectivity index (χ0v) is 15.0. The van der Waals surface area contributed by atoms with Crippen LogP contribution in [0.1, 0.15) is 61.3 Å². The number of hydrogen-bond donors (Lipinski definition) is 1.